The third-order valence-electron chi connectivity index (χ3n) is 6.37. The van der Waals surface area contributed by atoms with Gasteiger partial charge in [-0.05, 0) is 48.3 Å². The molecule has 8 heteroatoms. The number of nitrogens with zero attached hydrogens (tertiary/aromatic N) is 3. The van der Waals surface area contributed by atoms with Gasteiger partial charge in [0.1, 0.15) is 18.4 Å². The van der Waals surface area contributed by atoms with Crippen LogP contribution in [0.5, 0.6) is 5.75 Å². The molecular formula is C27H29BrN4O2S. The number of rotatable bonds is 6. The molecule has 3 aromatic rings. The molecule has 0 saturated carbocycles. The molecule has 1 unspecified atom stereocenters. The normalized spacial score (nSPS) is 18.7. The molecule has 1 N–H and O–H groups in total. The van der Waals surface area contributed by atoms with E-state index in [9.17, 15) is 4.79 Å². The van der Waals surface area contributed by atoms with Crippen LogP contribution in [0.1, 0.15) is 56.3 Å². The maximum Gasteiger partial charge on any atom is 0.227 e. The zero-order chi connectivity index (χ0) is 24.7. The molecule has 0 radical (unpaired) electrons. The Labute approximate surface area is 218 Å². The molecule has 5 rings (SSSR count). The largest absolute Gasteiger partial charge is 0.489 e. The van der Waals surface area contributed by atoms with Gasteiger partial charge in [-0.25, -0.2) is 4.68 Å². The summed E-state index contributed by atoms with van der Waals surface area (Å²) >= 11 is 5.23. The Bertz CT molecular complexity index is 1310. The first-order valence-electron chi connectivity index (χ1n) is 11.8. The minimum absolute atomic E-state index is 0.112. The maximum absolute atomic E-state index is 13.6. The van der Waals surface area contributed by atoms with Crippen LogP contribution < -0.4 is 10.1 Å². The molecule has 1 aromatic heterocycles. The van der Waals surface area contributed by atoms with Crippen molar-refractivity contribution in [1.29, 1.82) is 0 Å². The van der Waals surface area contributed by atoms with Gasteiger partial charge in [-0.15, -0.1) is 5.10 Å². The summed E-state index contributed by atoms with van der Waals surface area (Å²) in [4.78, 5) is 18.3. The fourth-order valence-corrected chi connectivity index (χ4v) is 5.71. The minimum Gasteiger partial charge on any atom is -0.489 e. The molecule has 0 amide bonds. The van der Waals surface area contributed by atoms with Crippen molar-refractivity contribution in [2.75, 3.05) is 11.1 Å². The zero-order valence-electron chi connectivity index (χ0n) is 20.4. The Balaban J connectivity index is 1.61. The molecule has 2 heterocycles. The zero-order valence-corrected chi connectivity index (χ0v) is 22.8. The number of hydrogen-bond acceptors (Lipinski definition) is 6. The number of allylic oxidation sites excluding steroid dienone is 2. The molecular weight excluding hydrogens is 524 g/mol. The van der Waals surface area contributed by atoms with Gasteiger partial charge in [-0.3, -0.25) is 4.79 Å². The molecule has 2 aliphatic rings. The monoisotopic (exact) mass is 552 g/mol. The Hall–Kier alpha value is -2.58. The predicted molar refractivity (Wildman–Crippen MR) is 143 cm³/mol. The second kappa shape index (κ2) is 9.47. The lowest BCUT2D eigenvalue weighted by atomic mass is 9.73. The minimum atomic E-state index is -0.408. The van der Waals surface area contributed by atoms with Crippen LogP contribution >= 0.6 is 27.7 Å². The quantitative estimate of drug-likeness (QED) is 0.343. The number of anilines is 1. The van der Waals surface area contributed by atoms with E-state index in [1.165, 1.54) is 5.56 Å². The van der Waals surface area contributed by atoms with E-state index in [0.717, 1.165) is 44.8 Å². The second-order valence-corrected chi connectivity index (χ2v) is 12.1. The number of fused-ring (bicyclic) bond motifs is 1. The molecule has 0 spiro atoms. The first-order valence-corrected chi connectivity index (χ1v) is 13.6. The number of carbonyl (C=O) groups excluding carboxylic acids is 1. The van der Waals surface area contributed by atoms with Crippen LogP contribution in [0.4, 0.5) is 5.95 Å². The van der Waals surface area contributed by atoms with Gasteiger partial charge in [0.05, 0.1) is 0 Å². The Morgan fingerprint density at radius 1 is 1.20 bits per heavy atom. The topological polar surface area (TPSA) is 69.0 Å². The third-order valence-corrected chi connectivity index (χ3v) is 7.58. The van der Waals surface area contributed by atoms with Crippen LogP contribution in [-0.4, -0.2) is 26.3 Å². The summed E-state index contributed by atoms with van der Waals surface area (Å²) in [5.74, 6) is 2.41. The van der Waals surface area contributed by atoms with Gasteiger partial charge in [-0.1, -0.05) is 78.3 Å². The third kappa shape index (κ3) is 4.91. The molecule has 2 aromatic carbocycles. The highest BCUT2D eigenvalue weighted by Crippen LogP contribution is 2.47. The van der Waals surface area contributed by atoms with Gasteiger partial charge in [0.2, 0.25) is 11.1 Å². The number of thioether (sulfide) groups is 1. The Morgan fingerprint density at radius 3 is 2.71 bits per heavy atom. The van der Waals surface area contributed by atoms with E-state index < -0.39 is 6.04 Å². The van der Waals surface area contributed by atoms with Gasteiger partial charge in [-0.2, -0.15) is 4.98 Å². The van der Waals surface area contributed by atoms with E-state index in [2.05, 4.69) is 73.2 Å². The van der Waals surface area contributed by atoms with Crippen molar-refractivity contribution >= 4 is 39.4 Å². The summed E-state index contributed by atoms with van der Waals surface area (Å²) in [6.07, 6.45) is 1.28. The summed E-state index contributed by atoms with van der Waals surface area (Å²) in [5, 5.41) is 8.95. The number of aryl methyl sites for hydroxylation is 1. The first kappa shape index (κ1) is 24.1. The van der Waals surface area contributed by atoms with Gasteiger partial charge >= 0.3 is 0 Å². The standard InChI is InChI=1S/C27H29BrN4O2S/c1-5-35-26-30-25-29-20-13-27(3,4)14-21(33)23(20)24(32(25)31-26)19-12-18(28)10-11-22(19)34-15-17-8-6-16(2)7-9-17/h6-12,24H,5,13-15H2,1-4H3,(H,29,30,31). The highest BCUT2D eigenvalue weighted by Gasteiger charge is 2.42. The van der Waals surface area contributed by atoms with Crippen LogP contribution in [0.2, 0.25) is 0 Å². The van der Waals surface area contributed by atoms with Gasteiger partial charge in [0, 0.05) is 27.7 Å². The van der Waals surface area contributed by atoms with Crippen molar-refractivity contribution in [1.82, 2.24) is 14.8 Å². The van der Waals surface area contributed by atoms with E-state index in [1.807, 2.05) is 22.9 Å². The van der Waals surface area contributed by atoms with E-state index in [4.69, 9.17) is 14.8 Å². The number of hydrogen-bond donors (Lipinski definition) is 1. The number of aromatic nitrogens is 3. The van der Waals surface area contributed by atoms with Crippen molar-refractivity contribution in [3.05, 3.63) is 74.9 Å². The Kier molecular flexibility index (Phi) is 6.53. The molecule has 1 aliphatic carbocycles. The van der Waals surface area contributed by atoms with E-state index >= 15 is 0 Å². The van der Waals surface area contributed by atoms with E-state index in [0.29, 0.717) is 24.1 Å². The summed E-state index contributed by atoms with van der Waals surface area (Å²) in [5.41, 5.74) is 4.78. The molecule has 0 fully saturated rings. The molecule has 6 nitrogen and oxygen atoms in total. The smallest absolute Gasteiger partial charge is 0.227 e. The highest BCUT2D eigenvalue weighted by molar-refractivity contribution is 9.10. The summed E-state index contributed by atoms with van der Waals surface area (Å²) in [6, 6.07) is 13.9. The van der Waals surface area contributed by atoms with Crippen molar-refractivity contribution in [3.8, 4) is 5.75 Å². The SMILES string of the molecule is CCSc1nc2n(n1)C(c1cc(Br)ccc1OCc1ccc(C)cc1)C1=C(CC(C)(C)CC1=O)N2. The number of ether oxygens (including phenoxy) is 1. The number of carbonyl (C=O) groups is 1. The van der Waals surface area contributed by atoms with Crippen molar-refractivity contribution < 1.29 is 9.53 Å². The average molecular weight is 554 g/mol. The second-order valence-electron chi connectivity index (χ2n) is 9.91. The molecule has 1 aliphatic heterocycles. The fraction of sp³-hybridized carbons (Fsp3) is 0.370. The van der Waals surface area contributed by atoms with Crippen LogP contribution in [-0.2, 0) is 11.4 Å². The van der Waals surface area contributed by atoms with Gasteiger partial charge < -0.3 is 10.1 Å². The number of benzene rings is 2. The molecule has 1 atom stereocenters. The lowest BCUT2D eigenvalue weighted by molar-refractivity contribution is -0.118. The van der Waals surface area contributed by atoms with Gasteiger partial charge in [0.15, 0.2) is 5.78 Å². The predicted octanol–water partition coefficient (Wildman–Crippen LogP) is 6.70. The van der Waals surface area contributed by atoms with Crippen LogP contribution in [0.3, 0.4) is 0 Å². The molecule has 35 heavy (non-hydrogen) atoms. The van der Waals surface area contributed by atoms with Gasteiger partial charge in [0.25, 0.3) is 0 Å². The van der Waals surface area contributed by atoms with Crippen LogP contribution in [0.25, 0.3) is 0 Å². The number of Topliss-reactive ketones (excluding diaryl/α,β-unsaturated/α-hetero) is 1. The maximum atomic E-state index is 13.6. The first-order chi connectivity index (χ1) is 16.7. The fourth-order valence-electron chi connectivity index (χ4n) is 4.78. The van der Waals surface area contributed by atoms with Crippen molar-refractivity contribution in [3.63, 3.8) is 0 Å². The van der Waals surface area contributed by atoms with Crippen LogP contribution in [0, 0.1) is 12.3 Å². The lowest BCUT2D eigenvalue weighted by Crippen LogP contribution is -2.36. The Morgan fingerprint density at radius 2 is 1.97 bits per heavy atom. The average Bonchev–Trinajstić information content (AvgIpc) is 3.19. The molecule has 0 bridgehead atoms. The number of ketones is 1. The van der Waals surface area contributed by atoms with Crippen LogP contribution in [0.15, 0.2) is 63.4 Å². The highest BCUT2D eigenvalue weighted by atomic mass is 79.9. The number of nitrogens with one attached hydrogen (secondary N) is 1. The molecule has 182 valence electrons. The van der Waals surface area contributed by atoms with E-state index in [-0.39, 0.29) is 11.2 Å². The summed E-state index contributed by atoms with van der Waals surface area (Å²) in [7, 11) is 0. The lowest BCUT2D eigenvalue weighted by Gasteiger charge is -2.38. The number of halogens is 1. The summed E-state index contributed by atoms with van der Waals surface area (Å²) in [6.45, 7) is 8.86. The van der Waals surface area contributed by atoms with E-state index in [1.54, 1.807) is 11.8 Å². The summed E-state index contributed by atoms with van der Waals surface area (Å²) < 4.78 is 9.13. The van der Waals surface area contributed by atoms with Crippen molar-refractivity contribution in [2.45, 2.75) is 58.3 Å². The van der Waals surface area contributed by atoms with Crippen molar-refractivity contribution in [2.24, 2.45) is 5.41 Å². The molecule has 0 saturated heterocycles.